The minimum atomic E-state index is -0.605. The molecule has 0 aliphatic heterocycles. The Balaban J connectivity index is 1.62. The maximum Gasteiger partial charge on any atom is 0.266 e. The Labute approximate surface area is 151 Å². The van der Waals surface area contributed by atoms with Crippen molar-refractivity contribution in [2.45, 2.75) is 26.9 Å². The predicted molar refractivity (Wildman–Crippen MR) is 102 cm³/mol. The molecular formula is C20H20N2O2S. The topological polar surface area (TPSA) is 51.2 Å². The fourth-order valence-electron chi connectivity index (χ4n) is 2.35. The summed E-state index contributed by atoms with van der Waals surface area (Å²) in [4.78, 5) is 17.7. The summed E-state index contributed by atoms with van der Waals surface area (Å²) in [5.41, 5.74) is 3.19. The zero-order valence-corrected chi connectivity index (χ0v) is 15.3. The number of benzene rings is 2. The lowest BCUT2D eigenvalue weighted by molar-refractivity contribution is -0.122. The molecule has 2 aromatic carbocycles. The van der Waals surface area contributed by atoms with Gasteiger partial charge >= 0.3 is 0 Å². The summed E-state index contributed by atoms with van der Waals surface area (Å²) in [5.74, 6) is 0.453. The Kier molecular flexibility index (Phi) is 5.14. The fraction of sp³-hybridized carbons (Fsp3) is 0.200. The summed E-state index contributed by atoms with van der Waals surface area (Å²) < 4.78 is 5.74. The van der Waals surface area contributed by atoms with Crippen molar-refractivity contribution in [1.29, 1.82) is 0 Å². The molecular weight excluding hydrogens is 332 g/mol. The summed E-state index contributed by atoms with van der Waals surface area (Å²) >= 11 is 1.47. The highest BCUT2D eigenvalue weighted by atomic mass is 32.1. The normalized spacial score (nSPS) is 11.8. The number of anilines is 1. The molecule has 4 nitrogen and oxygen atoms in total. The van der Waals surface area contributed by atoms with Gasteiger partial charge in [0.05, 0.1) is 5.69 Å². The molecule has 0 aliphatic rings. The van der Waals surface area contributed by atoms with Crippen LogP contribution in [0.3, 0.4) is 0 Å². The van der Waals surface area contributed by atoms with Gasteiger partial charge in [-0.2, -0.15) is 0 Å². The summed E-state index contributed by atoms with van der Waals surface area (Å²) in [6.07, 6.45) is -0.605. The number of nitrogens with zero attached hydrogens (tertiary/aromatic N) is 1. The molecule has 0 bridgehead atoms. The molecule has 1 unspecified atom stereocenters. The third-order valence-corrected chi connectivity index (χ3v) is 4.89. The van der Waals surface area contributed by atoms with Gasteiger partial charge in [0, 0.05) is 4.88 Å². The second kappa shape index (κ2) is 7.49. The number of rotatable bonds is 5. The maximum atomic E-state index is 12.3. The van der Waals surface area contributed by atoms with Crippen LogP contribution in [0.4, 0.5) is 5.13 Å². The van der Waals surface area contributed by atoms with Gasteiger partial charge in [0.1, 0.15) is 5.75 Å². The van der Waals surface area contributed by atoms with E-state index in [4.69, 9.17) is 4.74 Å². The Hall–Kier alpha value is -2.66. The zero-order chi connectivity index (χ0) is 17.8. The number of nitrogens with one attached hydrogen (secondary N) is 1. The largest absolute Gasteiger partial charge is 0.481 e. The molecule has 1 heterocycles. The number of carbonyl (C=O) groups excluding carboxylic acids is 1. The Morgan fingerprint density at radius 2 is 1.68 bits per heavy atom. The van der Waals surface area contributed by atoms with E-state index in [0.717, 1.165) is 21.7 Å². The van der Waals surface area contributed by atoms with E-state index >= 15 is 0 Å². The SMILES string of the molecule is Cc1nc(NC(=O)C(C)Oc2ccc(-c3ccccc3)cc2)sc1C. The summed E-state index contributed by atoms with van der Waals surface area (Å²) in [6.45, 7) is 5.64. The van der Waals surface area contributed by atoms with E-state index < -0.39 is 6.10 Å². The molecule has 0 aliphatic carbocycles. The van der Waals surface area contributed by atoms with Gasteiger partial charge in [0.2, 0.25) is 0 Å². The van der Waals surface area contributed by atoms with Crippen LogP contribution in [0.5, 0.6) is 5.75 Å². The van der Waals surface area contributed by atoms with E-state index in [-0.39, 0.29) is 5.91 Å². The van der Waals surface area contributed by atoms with Crippen molar-refractivity contribution < 1.29 is 9.53 Å². The lowest BCUT2D eigenvalue weighted by Crippen LogP contribution is -2.30. The quantitative estimate of drug-likeness (QED) is 0.715. The van der Waals surface area contributed by atoms with Gasteiger partial charge in [-0.25, -0.2) is 4.98 Å². The van der Waals surface area contributed by atoms with E-state index in [2.05, 4.69) is 22.4 Å². The first-order valence-electron chi connectivity index (χ1n) is 8.10. The number of hydrogen-bond acceptors (Lipinski definition) is 4. The number of hydrogen-bond donors (Lipinski definition) is 1. The summed E-state index contributed by atoms with van der Waals surface area (Å²) in [7, 11) is 0. The van der Waals surface area contributed by atoms with Crippen molar-refractivity contribution in [3.8, 4) is 16.9 Å². The molecule has 0 fully saturated rings. The van der Waals surface area contributed by atoms with Crippen molar-refractivity contribution >= 4 is 22.4 Å². The van der Waals surface area contributed by atoms with Gasteiger partial charge < -0.3 is 4.74 Å². The van der Waals surface area contributed by atoms with E-state index in [9.17, 15) is 4.79 Å². The average molecular weight is 352 g/mol. The molecule has 1 atom stereocenters. The van der Waals surface area contributed by atoms with Gasteiger partial charge in [0.15, 0.2) is 11.2 Å². The molecule has 0 saturated heterocycles. The molecule has 3 rings (SSSR count). The Morgan fingerprint density at radius 3 is 2.28 bits per heavy atom. The average Bonchev–Trinajstić information content (AvgIpc) is 2.93. The van der Waals surface area contributed by atoms with Crippen LogP contribution in [0.15, 0.2) is 54.6 Å². The monoisotopic (exact) mass is 352 g/mol. The summed E-state index contributed by atoms with van der Waals surface area (Å²) in [6, 6.07) is 17.9. The molecule has 5 heteroatoms. The molecule has 25 heavy (non-hydrogen) atoms. The van der Waals surface area contributed by atoms with Gasteiger partial charge in [-0.1, -0.05) is 42.5 Å². The van der Waals surface area contributed by atoms with E-state index in [1.54, 1.807) is 6.92 Å². The Morgan fingerprint density at radius 1 is 1.04 bits per heavy atom. The second-order valence-electron chi connectivity index (χ2n) is 5.80. The molecule has 0 spiro atoms. The molecule has 3 aromatic rings. The third-order valence-electron chi connectivity index (χ3n) is 3.90. The number of thiazole rings is 1. The minimum Gasteiger partial charge on any atom is -0.481 e. The number of ether oxygens (including phenoxy) is 1. The van der Waals surface area contributed by atoms with Crippen molar-refractivity contribution in [3.05, 3.63) is 65.2 Å². The van der Waals surface area contributed by atoms with Gasteiger partial charge in [-0.15, -0.1) is 11.3 Å². The first kappa shape index (κ1) is 17.2. The highest BCUT2D eigenvalue weighted by Crippen LogP contribution is 2.24. The maximum absolute atomic E-state index is 12.3. The van der Waals surface area contributed by atoms with E-state index in [1.807, 2.05) is 56.3 Å². The van der Waals surface area contributed by atoms with Gasteiger partial charge in [-0.3, -0.25) is 10.1 Å². The van der Waals surface area contributed by atoms with Crippen LogP contribution in [0, 0.1) is 13.8 Å². The predicted octanol–water partition coefficient (Wildman–Crippen LogP) is 4.83. The highest BCUT2D eigenvalue weighted by Gasteiger charge is 2.17. The van der Waals surface area contributed by atoms with Crippen LogP contribution in [0.25, 0.3) is 11.1 Å². The lowest BCUT2D eigenvalue weighted by Gasteiger charge is -2.14. The molecule has 0 saturated carbocycles. The van der Waals surface area contributed by atoms with Gasteiger partial charge in [-0.05, 0) is 44.0 Å². The molecule has 1 N–H and O–H groups in total. The minimum absolute atomic E-state index is 0.208. The lowest BCUT2D eigenvalue weighted by atomic mass is 10.1. The molecule has 0 radical (unpaired) electrons. The van der Waals surface area contributed by atoms with Crippen LogP contribution in [0.2, 0.25) is 0 Å². The van der Waals surface area contributed by atoms with Crippen LogP contribution < -0.4 is 10.1 Å². The van der Waals surface area contributed by atoms with Crippen LogP contribution in [-0.2, 0) is 4.79 Å². The smallest absolute Gasteiger partial charge is 0.266 e. The van der Waals surface area contributed by atoms with Crippen molar-refractivity contribution in [3.63, 3.8) is 0 Å². The molecule has 1 aromatic heterocycles. The molecule has 128 valence electrons. The van der Waals surface area contributed by atoms with Crippen molar-refractivity contribution in [1.82, 2.24) is 4.98 Å². The summed E-state index contributed by atoms with van der Waals surface area (Å²) in [5, 5.41) is 3.41. The standard InChI is InChI=1S/C20H20N2O2S/c1-13-15(3)25-20(21-13)22-19(23)14(2)24-18-11-9-17(10-12-18)16-7-5-4-6-8-16/h4-12,14H,1-3H3,(H,21,22,23). The second-order valence-corrected chi connectivity index (χ2v) is 7.00. The van der Waals surface area contributed by atoms with E-state index in [1.165, 1.54) is 11.3 Å². The number of aromatic nitrogens is 1. The first-order valence-corrected chi connectivity index (χ1v) is 8.91. The fourth-order valence-corrected chi connectivity index (χ4v) is 3.16. The van der Waals surface area contributed by atoms with E-state index in [0.29, 0.717) is 10.9 Å². The Bertz CT molecular complexity index is 838. The van der Waals surface area contributed by atoms with Crippen LogP contribution in [0.1, 0.15) is 17.5 Å². The third kappa shape index (κ3) is 4.25. The number of carbonyl (C=O) groups is 1. The van der Waals surface area contributed by atoms with Crippen molar-refractivity contribution in [2.24, 2.45) is 0 Å². The van der Waals surface area contributed by atoms with Crippen LogP contribution >= 0.6 is 11.3 Å². The number of amides is 1. The van der Waals surface area contributed by atoms with Crippen molar-refractivity contribution in [2.75, 3.05) is 5.32 Å². The molecule has 1 amide bonds. The highest BCUT2D eigenvalue weighted by molar-refractivity contribution is 7.15. The van der Waals surface area contributed by atoms with Gasteiger partial charge in [0.25, 0.3) is 5.91 Å². The zero-order valence-electron chi connectivity index (χ0n) is 14.4. The number of aryl methyl sites for hydroxylation is 2. The first-order chi connectivity index (χ1) is 12.0. The van der Waals surface area contributed by atoms with Crippen LogP contribution in [-0.4, -0.2) is 17.0 Å².